The van der Waals surface area contributed by atoms with Crippen LogP contribution in [0.2, 0.25) is 0 Å². The molecule has 1 aromatic carbocycles. The van der Waals surface area contributed by atoms with Gasteiger partial charge in [0.15, 0.2) is 0 Å². The van der Waals surface area contributed by atoms with Crippen LogP contribution in [0.25, 0.3) is 0 Å². The number of hydrazine groups is 1. The molecule has 0 unspecified atom stereocenters. The van der Waals surface area contributed by atoms with Crippen molar-refractivity contribution >= 4 is 24.5 Å². The first kappa shape index (κ1) is 14.6. The highest BCUT2D eigenvalue weighted by Crippen LogP contribution is 2.28. The maximum absolute atomic E-state index is 10.2. The van der Waals surface area contributed by atoms with Crippen molar-refractivity contribution in [3.05, 3.63) is 35.9 Å². The molecule has 0 bridgehead atoms. The molecule has 1 aliphatic rings. The van der Waals surface area contributed by atoms with Gasteiger partial charge in [-0.3, -0.25) is 9.79 Å². The SMILES string of the molecule is Cl.NN(C=O)OCC1=N[C@H](c2ccccc2)CC1. The van der Waals surface area contributed by atoms with E-state index in [-0.39, 0.29) is 25.1 Å². The molecule has 0 saturated carbocycles. The number of carbonyl (C=O) groups is 1. The molecule has 1 amide bonds. The minimum absolute atomic E-state index is 0. The van der Waals surface area contributed by atoms with Gasteiger partial charge in [-0.25, -0.2) is 10.7 Å². The van der Waals surface area contributed by atoms with Crippen LogP contribution in [0.3, 0.4) is 0 Å². The van der Waals surface area contributed by atoms with Crippen molar-refractivity contribution in [1.29, 1.82) is 0 Å². The molecule has 5 nitrogen and oxygen atoms in total. The molecule has 0 aromatic heterocycles. The Morgan fingerprint density at radius 3 is 2.83 bits per heavy atom. The van der Waals surface area contributed by atoms with E-state index in [1.54, 1.807) is 0 Å². The second kappa shape index (κ2) is 7.10. The Balaban J connectivity index is 0.00000162. The molecule has 0 aliphatic carbocycles. The lowest BCUT2D eigenvalue weighted by Gasteiger charge is -2.09. The summed E-state index contributed by atoms with van der Waals surface area (Å²) >= 11 is 0. The van der Waals surface area contributed by atoms with E-state index < -0.39 is 0 Å². The van der Waals surface area contributed by atoms with Crippen LogP contribution < -0.4 is 5.84 Å². The Hall–Kier alpha value is -1.43. The summed E-state index contributed by atoms with van der Waals surface area (Å²) < 4.78 is 0. The van der Waals surface area contributed by atoms with Crippen molar-refractivity contribution in [2.24, 2.45) is 10.8 Å². The molecule has 0 spiro atoms. The van der Waals surface area contributed by atoms with E-state index in [1.165, 1.54) is 5.56 Å². The lowest BCUT2D eigenvalue weighted by molar-refractivity contribution is -0.167. The van der Waals surface area contributed by atoms with E-state index in [0.717, 1.165) is 18.6 Å². The number of benzene rings is 1. The average molecular weight is 270 g/mol. The number of hydrogen-bond acceptors (Lipinski definition) is 4. The van der Waals surface area contributed by atoms with Crippen LogP contribution in [-0.4, -0.2) is 23.9 Å². The lowest BCUT2D eigenvalue weighted by atomic mass is 10.1. The molecule has 18 heavy (non-hydrogen) atoms. The van der Waals surface area contributed by atoms with Gasteiger partial charge in [-0.15, -0.1) is 12.4 Å². The molecule has 0 fully saturated rings. The Labute approximate surface area is 112 Å². The van der Waals surface area contributed by atoms with Crippen molar-refractivity contribution in [2.75, 3.05) is 6.61 Å². The van der Waals surface area contributed by atoms with Gasteiger partial charge in [0.1, 0.15) is 6.61 Å². The fraction of sp³-hybridized carbons (Fsp3) is 0.333. The van der Waals surface area contributed by atoms with E-state index >= 15 is 0 Å². The highest BCUT2D eigenvalue weighted by atomic mass is 35.5. The first-order valence-electron chi connectivity index (χ1n) is 5.52. The second-order valence-corrected chi connectivity index (χ2v) is 3.90. The van der Waals surface area contributed by atoms with Gasteiger partial charge in [-0.1, -0.05) is 30.3 Å². The molecule has 0 radical (unpaired) electrons. The average Bonchev–Trinajstić information content (AvgIpc) is 2.86. The summed E-state index contributed by atoms with van der Waals surface area (Å²) in [5.74, 6) is 5.18. The summed E-state index contributed by atoms with van der Waals surface area (Å²) in [4.78, 5) is 19.8. The fourth-order valence-electron chi connectivity index (χ4n) is 1.86. The van der Waals surface area contributed by atoms with Crippen molar-refractivity contribution < 1.29 is 9.63 Å². The van der Waals surface area contributed by atoms with Crippen LogP contribution in [0.1, 0.15) is 24.4 Å². The highest BCUT2D eigenvalue weighted by Gasteiger charge is 2.19. The predicted octanol–water partition coefficient (Wildman–Crippen LogP) is 1.65. The van der Waals surface area contributed by atoms with Crippen LogP contribution >= 0.6 is 12.4 Å². The summed E-state index contributed by atoms with van der Waals surface area (Å²) in [6, 6.07) is 10.3. The standard InChI is InChI=1S/C12H15N3O2.ClH/c13-15(9-16)17-8-11-6-7-12(14-11)10-4-2-1-3-5-10;/h1-5,9,12H,6-8,13H2;1H/t12-;/m0./s1. The first-order chi connectivity index (χ1) is 8.29. The number of rotatable bonds is 5. The minimum atomic E-state index is 0. The van der Waals surface area contributed by atoms with Crippen molar-refractivity contribution in [2.45, 2.75) is 18.9 Å². The molecule has 2 N–H and O–H groups in total. The molecule has 0 saturated heterocycles. The number of hydroxylamine groups is 1. The molecule has 98 valence electrons. The number of nitrogens with zero attached hydrogens (tertiary/aromatic N) is 2. The minimum Gasteiger partial charge on any atom is -0.283 e. The van der Waals surface area contributed by atoms with Gasteiger partial charge < -0.3 is 0 Å². The fourth-order valence-corrected chi connectivity index (χ4v) is 1.86. The first-order valence-corrected chi connectivity index (χ1v) is 5.52. The van der Waals surface area contributed by atoms with E-state index in [4.69, 9.17) is 10.7 Å². The van der Waals surface area contributed by atoms with Gasteiger partial charge in [0.05, 0.1) is 6.04 Å². The van der Waals surface area contributed by atoms with Gasteiger partial charge in [0.2, 0.25) is 6.41 Å². The topological polar surface area (TPSA) is 67.9 Å². The quantitative estimate of drug-likeness (QED) is 0.382. The third kappa shape index (κ3) is 3.80. The Morgan fingerprint density at radius 2 is 2.17 bits per heavy atom. The van der Waals surface area contributed by atoms with Crippen LogP contribution in [0.4, 0.5) is 0 Å². The normalized spacial score (nSPS) is 17.8. The van der Waals surface area contributed by atoms with E-state index in [1.807, 2.05) is 18.2 Å². The Bertz CT molecular complexity index is 411. The molecule has 6 heteroatoms. The smallest absolute Gasteiger partial charge is 0.248 e. The number of hydrogen-bond donors (Lipinski definition) is 1. The molecule has 1 aliphatic heterocycles. The third-order valence-electron chi connectivity index (χ3n) is 2.71. The zero-order chi connectivity index (χ0) is 12.1. The summed E-state index contributed by atoms with van der Waals surface area (Å²) in [6.07, 6.45) is 2.28. The van der Waals surface area contributed by atoms with Gasteiger partial charge >= 0.3 is 0 Å². The number of aliphatic imine (C=N–C) groups is 1. The Kier molecular flexibility index (Phi) is 5.77. The largest absolute Gasteiger partial charge is 0.283 e. The zero-order valence-corrected chi connectivity index (χ0v) is 10.7. The molecule has 1 heterocycles. The Morgan fingerprint density at radius 1 is 1.44 bits per heavy atom. The van der Waals surface area contributed by atoms with Crippen molar-refractivity contribution in [3.8, 4) is 0 Å². The predicted molar refractivity (Wildman–Crippen MR) is 71.1 cm³/mol. The third-order valence-corrected chi connectivity index (χ3v) is 2.71. The maximum atomic E-state index is 10.2. The van der Waals surface area contributed by atoms with Crippen molar-refractivity contribution in [1.82, 2.24) is 5.17 Å². The second-order valence-electron chi connectivity index (χ2n) is 3.90. The molecule has 2 rings (SSSR count). The van der Waals surface area contributed by atoms with Crippen molar-refractivity contribution in [3.63, 3.8) is 0 Å². The molecule has 1 aromatic rings. The summed E-state index contributed by atoms with van der Waals surface area (Å²) in [5.41, 5.74) is 2.15. The van der Waals surface area contributed by atoms with Gasteiger partial charge in [-0.2, -0.15) is 5.17 Å². The summed E-state index contributed by atoms with van der Waals surface area (Å²) in [7, 11) is 0. The van der Waals surface area contributed by atoms with Gasteiger partial charge in [0, 0.05) is 5.71 Å². The van der Waals surface area contributed by atoms with E-state index in [2.05, 4.69) is 17.1 Å². The summed E-state index contributed by atoms with van der Waals surface area (Å²) in [5, 5.41) is 0.665. The maximum Gasteiger partial charge on any atom is 0.248 e. The lowest BCUT2D eigenvalue weighted by Crippen LogP contribution is -2.31. The van der Waals surface area contributed by atoms with E-state index in [0.29, 0.717) is 11.6 Å². The van der Waals surface area contributed by atoms with E-state index in [9.17, 15) is 4.79 Å². The molecular formula is C12H16ClN3O2. The van der Waals surface area contributed by atoms with Gasteiger partial charge in [-0.05, 0) is 18.4 Å². The van der Waals surface area contributed by atoms with Crippen LogP contribution in [0, 0.1) is 0 Å². The molecule has 1 atom stereocenters. The van der Waals surface area contributed by atoms with Gasteiger partial charge in [0.25, 0.3) is 0 Å². The number of carbonyl (C=O) groups excluding carboxylic acids is 1. The summed E-state index contributed by atoms with van der Waals surface area (Å²) in [6.45, 7) is 0.276. The van der Waals surface area contributed by atoms with Crippen LogP contribution in [-0.2, 0) is 9.63 Å². The number of nitrogens with two attached hydrogens (primary N) is 1. The zero-order valence-electron chi connectivity index (χ0n) is 9.86. The highest BCUT2D eigenvalue weighted by molar-refractivity contribution is 5.87. The number of halogens is 1. The molecular weight excluding hydrogens is 254 g/mol. The monoisotopic (exact) mass is 269 g/mol. The van der Waals surface area contributed by atoms with Crippen LogP contribution in [0.5, 0.6) is 0 Å². The number of amides is 1. The van der Waals surface area contributed by atoms with Crippen LogP contribution in [0.15, 0.2) is 35.3 Å².